The smallest absolute Gasteiger partial charge is 0.438 e. The van der Waals surface area contributed by atoms with Crippen LogP contribution >= 0.6 is 11.3 Å². The molecule has 1 saturated heterocycles. The maximum atomic E-state index is 16.0. The molecule has 4 aromatic rings. The number of thiophene rings is 1. The highest BCUT2D eigenvalue weighted by Gasteiger charge is 2.46. The summed E-state index contributed by atoms with van der Waals surface area (Å²) < 4.78 is 90.9. The third-order valence-electron chi connectivity index (χ3n) is 7.20. The maximum absolute atomic E-state index is 16.0. The summed E-state index contributed by atoms with van der Waals surface area (Å²) in [7, 11) is 0. The van der Waals surface area contributed by atoms with Gasteiger partial charge in [-0.25, -0.2) is 18.0 Å². The van der Waals surface area contributed by atoms with Crippen LogP contribution in [0, 0.1) is 28.8 Å². The molecule has 2 aliphatic heterocycles. The number of nitriles is 1. The van der Waals surface area contributed by atoms with Crippen LogP contribution < -0.4 is 11.1 Å². The predicted octanol–water partition coefficient (Wildman–Crippen LogP) is 4.04. The van der Waals surface area contributed by atoms with Crippen molar-refractivity contribution in [3.8, 4) is 17.2 Å². The van der Waals surface area contributed by atoms with E-state index in [1.54, 1.807) is 0 Å². The number of hydrogen-bond acceptors (Lipinski definition) is 8. The van der Waals surface area contributed by atoms with Crippen molar-refractivity contribution in [2.24, 2.45) is 0 Å². The number of hydrogen-bond donors (Lipinski definition) is 2. The minimum Gasteiger partial charge on any atom is -0.438 e. The highest BCUT2D eigenvalue weighted by molar-refractivity contribution is 7.23. The number of nitrogen functional groups attached to an aromatic ring is 1. The summed E-state index contributed by atoms with van der Waals surface area (Å²) >= 11 is 0.773. The Morgan fingerprint density at radius 2 is 1.93 bits per heavy atom. The largest absolute Gasteiger partial charge is 0.490 e. The molecule has 6 rings (SSSR count). The van der Waals surface area contributed by atoms with Gasteiger partial charge >= 0.3 is 12.1 Å². The standard InChI is InChI=1S/C25H16F6N6O3S/c26-12-2-1-9(15-10(7-32)21(33)41-20(12)15)14-11-8-35-37-5-3-13-22(40-24(39)25(29,30)31)34-4-6-36(13)23(38)16(19(11)37)18(28)17(14)27/h1-2,8,13,22,34H,3-6,33H2. The molecule has 1 amide bonds. The predicted molar refractivity (Wildman–Crippen MR) is 133 cm³/mol. The number of carbonyl (C=O) groups is 2. The van der Waals surface area contributed by atoms with Gasteiger partial charge in [0.15, 0.2) is 17.9 Å². The van der Waals surface area contributed by atoms with E-state index in [1.807, 2.05) is 6.07 Å². The fraction of sp³-hybridized carbons (Fsp3) is 0.280. The molecule has 2 aliphatic rings. The highest BCUT2D eigenvalue weighted by atomic mass is 32.1. The monoisotopic (exact) mass is 594 g/mol. The molecule has 0 spiro atoms. The van der Waals surface area contributed by atoms with Crippen molar-refractivity contribution in [2.75, 3.05) is 18.8 Å². The molecular formula is C25H16F6N6O3S. The SMILES string of the molecule is N#Cc1c(N)sc2c(F)ccc(-c3c(F)c(F)c4c5c3cnn5CCC3C(OC(=O)C(F)(F)F)NCCN3C4=O)c12. The fourth-order valence-corrected chi connectivity index (χ4v) is 6.41. The van der Waals surface area contributed by atoms with Crippen LogP contribution in [0.1, 0.15) is 22.3 Å². The average Bonchev–Trinajstić information content (AvgIpc) is 3.48. The van der Waals surface area contributed by atoms with E-state index in [4.69, 9.17) is 5.73 Å². The lowest BCUT2D eigenvalue weighted by Crippen LogP contribution is -2.62. The first kappa shape index (κ1) is 26.8. The lowest BCUT2D eigenvalue weighted by atomic mass is 9.92. The number of aryl methyl sites for hydroxylation is 1. The molecule has 0 saturated carbocycles. The summed E-state index contributed by atoms with van der Waals surface area (Å²) in [6.07, 6.45) is -5.72. The molecule has 0 aliphatic carbocycles. The Labute approximate surface area is 229 Å². The van der Waals surface area contributed by atoms with Gasteiger partial charge in [0.05, 0.1) is 28.0 Å². The molecule has 2 unspecified atom stereocenters. The maximum Gasteiger partial charge on any atom is 0.490 e. The van der Waals surface area contributed by atoms with Crippen molar-refractivity contribution < 1.29 is 40.7 Å². The molecule has 2 atom stereocenters. The summed E-state index contributed by atoms with van der Waals surface area (Å²) in [5.74, 6) is -7.27. The fourth-order valence-electron chi connectivity index (χ4n) is 5.46. The average molecular weight is 594 g/mol. The van der Waals surface area contributed by atoms with Gasteiger partial charge in [0.25, 0.3) is 5.91 Å². The first-order valence-electron chi connectivity index (χ1n) is 12.0. The summed E-state index contributed by atoms with van der Waals surface area (Å²) in [5, 5.41) is 16.4. The van der Waals surface area contributed by atoms with Gasteiger partial charge in [-0.05, 0) is 18.1 Å². The van der Waals surface area contributed by atoms with Crippen molar-refractivity contribution in [2.45, 2.75) is 31.4 Å². The Bertz CT molecular complexity index is 1830. The zero-order valence-corrected chi connectivity index (χ0v) is 21.3. The van der Waals surface area contributed by atoms with Gasteiger partial charge in [-0.2, -0.15) is 23.5 Å². The molecule has 0 bridgehead atoms. The Morgan fingerprint density at radius 1 is 1.20 bits per heavy atom. The van der Waals surface area contributed by atoms with E-state index in [9.17, 15) is 32.4 Å². The van der Waals surface area contributed by atoms with Crippen molar-refractivity contribution in [1.29, 1.82) is 5.26 Å². The van der Waals surface area contributed by atoms with Crippen LogP contribution in [-0.2, 0) is 16.1 Å². The first-order chi connectivity index (χ1) is 19.4. The van der Waals surface area contributed by atoms with Crippen LogP contribution in [0.5, 0.6) is 0 Å². The second-order valence-electron chi connectivity index (χ2n) is 9.39. The number of rotatable bonds is 2. The number of nitrogens with one attached hydrogen (secondary N) is 1. The van der Waals surface area contributed by atoms with Crippen molar-refractivity contribution in [3.05, 3.63) is 46.9 Å². The number of aromatic nitrogens is 2. The molecule has 4 heterocycles. The van der Waals surface area contributed by atoms with Gasteiger partial charge in [-0.1, -0.05) is 6.07 Å². The Kier molecular flexibility index (Phi) is 6.12. The Morgan fingerprint density at radius 3 is 2.63 bits per heavy atom. The number of nitrogens with zero attached hydrogens (tertiary/aromatic N) is 4. The number of nitrogens with two attached hydrogens (primary N) is 1. The zero-order valence-electron chi connectivity index (χ0n) is 20.5. The molecule has 212 valence electrons. The molecule has 16 heteroatoms. The third kappa shape index (κ3) is 3.98. The topological polar surface area (TPSA) is 126 Å². The number of carbonyl (C=O) groups excluding carboxylic acids is 2. The van der Waals surface area contributed by atoms with Crippen LogP contribution in [-0.4, -0.2) is 58.1 Å². The normalized spacial score (nSPS) is 19.1. The summed E-state index contributed by atoms with van der Waals surface area (Å²) in [4.78, 5) is 26.3. The van der Waals surface area contributed by atoms with Crippen molar-refractivity contribution in [1.82, 2.24) is 20.0 Å². The van der Waals surface area contributed by atoms with Crippen molar-refractivity contribution in [3.63, 3.8) is 0 Å². The third-order valence-corrected chi connectivity index (χ3v) is 8.23. The summed E-state index contributed by atoms with van der Waals surface area (Å²) in [5.41, 5.74) is 4.56. The van der Waals surface area contributed by atoms with E-state index in [1.165, 1.54) is 16.9 Å². The molecule has 1 fully saturated rings. The van der Waals surface area contributed by atoms with Gasteiger partial charge in [0.2, 0.25) is 0 Å². The lowest BCUT2D eigenvalue weighted by molar-refractivity contribution is -0.210. The number of halogens is 6. The molecular weight excluding hydrogens is 578 g/mol. The first-order valence-corrected chi connectivity index (χ1v) is 12.8. The zero-order chi connectivity index (χ0) is 29.4. The second-order valence-corrected chi connectivity index (χ2v) is 10.4. The minimum absolute atomic E-state index is 0.0116. The highest BCUT2D eigenvalue weighted by Crippen LogP contribution is 2.45. The number of piperazine rings is 1. The quantitative estimate of drug-likeness (QED) is 0.265. The summed E-state index contributed by atoms with van der Waals surface area (Å²) in [6.45, 7) is -0.266. The van der Waals surface area contributed by atoms with E-state index in [0.29, 0.717) is 0 Å². The number of amides is 1. The molecule has 9 nitrogen and oxygen atoms in total. The van der Waals surface area contributed by atoms with Gasteiger partial charge in [0, 0.05) is 36.0 Å². The Balaban J connectivity index is 1.53. The van der Waals surface area contributed by atoms with Crippen molar-refractivity contribution >= 4 is 49.2 Å². The van der Waals surface area contributed by atoms with E-state index in [-0.39, 0.29) is 68.7 Å². The minimum atomic E-state index is -5.29. The molecule has 0 radical (unpaired) electrons. The second kappa shape index (κ2) is 9.35. The van der Waals surface area contributed by atoms with Gasteiger partial charge in [-0.15, -0.1) is 11.3 Å². The number of anilines is 1. The number of fused-ring (bicyclic) bond motifs is 2. The van der Waals surface area contributed by atoms with E-state index >= 15 is 8.78 Å². The molecule has 41 heavy (non-hydrogen) atoms. The molecule has 2 aromatic carbocycles. The van der Waals surface area contributed by atoms with Gasteiger partial charge in [-0.3, -0.25) is 14.8 Å². The lowest BCUT2D eigenvalue weighted by Gasteiger charge is -2.42. The van der Waals surface area contributed by atoms with Crippen LogP contribution in [0.2, 0.25) is 0 Å². The molecule has 3 N–H and O–H groups in total. The van der Waals surface area contributed by atoms with E-state index < -0.39 is 53.3 Å². The Hall–Kier alpha value is -4.36. The number of alkyl halides is 3. The van der Waals surface area contributed by atoms with Crippen LogP contribution in [0.15, 0.2) is 18.3 Å². The summed E-state index contributed by atoms with van der Waals surface area (Å²) in [6, 6.07) is 2.92. The van der Waals surface area contributed by atoms with Crippen LogP contribution in [0.3, 0.4) is 0 Å². The number of benzene rings is 2. The van der Waals surface area contributed by atoms with Gasteiger partial charge in [0.1, 0.15) is 22.5 Å². The number of esters is 1. The van der Waals surface area contributed by atoms with Crippen LogP contribution in [0.4, 0.5) is 31.3 Å². The number of ether oxygens (including phenoxy) is 1. The van der Waals surface area contributed by atoms with Crippen LogP contribution in [0.25, 0.3) is 32.1 Å². The van der Waals surface area contributed by atoms with E-state index in [0.717, 1.165) is 22.3 Å². The van der Waals surface area contributed by atoms with Gasteiger partial charge < -0.3 is 15.4 Å². The molecule has 2 aromatic heterocycles. The van der Waals surface area contributed by atoms with E-state index in [2.05, 4.69) is 15.2 Å².